The van der Waals surface area contributed by atoms with Crippen LogP contribution in [-0.2, 0) is 14.1 Å². The minimum absolute atomic E-state index is 0.0162. The number of aliphatic hydroxyl groups is 1. The van der Waals surface area contributed by atoms with Crippen molar-refractivity contribution in [3.63, 3.8) is 0 Å². The van der Waals surface area contributed by atoms with E-state index in [0.29, 0.717) is 18.2 Å². The first-order chi connectivity index (χ1) is 13.6. The van der Waals surface area contributed by atoms with E-state index in [9.17, 15) is 5.11 Å². The summed E-state index contributed by atoms with van der Waals surface area (Å²) in [7, 11) is 3.76. The number of aryl methyl sites for hydroxylation is 2. The first-order valence-electron chi connectivity index (χ1n) is 8.94. The van der Waals surface area contributed by atoms with E-state index in [1.54, 1.807) is 21.8 Å². The van der Waals surface area contributed by atoms with Crippen LogP contribution in [0.25, 0.3) is 33.6 Å². The van der Waals surface area contributed by atoms with Gasteiger partial charge < -0.3 is 10.4 Å². The molecule has 0 aliphatic rings. The summed E-state index contributed by atoms with van der Waals surface area (Å²) in [6, 6.07) is 8.05. The molecule has 8 heteroatoms. The third kappa shape index (κ3) is 3.63. The third-order valence-electron chi connectivity index (χ3n) is 4.37. The first-order valence-corrected chi connectivity index (χ1v) is 8.94. The van der Waals surface area contributed by atoms with Crippen LogP contribution in [0.5, 0.6) is 0 Å². The molecule has 0 saturated carbocycles. The molecule has 28 heavy (non-hydrogen) atoms. The van der Waals surface area contributed by atoms with E-state index in [4.69, 9.17) is 4.98 Å². The van der Waals surface area contributed by atoms with Crippen LogP contribution in [0.3, 0.4) is 0 Å². The summed E-state index contributed by atoms with van der Waals surface area (Å²) in [6.07, 6.45) is 9.27. The Labute approximate surface area is 162 Å². The quantitative estimate of drug-likeness (QED) is 0.537. The minimum atomic E-state index is 0.0162. The molecule has 8 nitrogen and oxygen atoms in total. The molecule has 0 fully saturated rings. The molecule has 0 aliphatic heterocycles. The monoisotopic (exact) mass is 375 g/mol. The third-order valence-corrected chi connectivity index (χ3v) is 4.37. The first kappa shape index (κ1) is 17.9. The van der Waals surface area contributed by atoms with Gasteiger partial charge >= 0.3 is 0 Å². The molecule has 0 spiro atoms. The van der Waals surface area contributed by atoms with Gasteiger partial charge in [0, 0.05) is 61.5 Å². The minimum Gasteiger partial charge on any atom is -0.395 e. The summed E-state index contributed by atoms with van der Waals surface area (Å²) in [5, 5.41) is 20.8. The van der Waals surface area contributed by atoms with Crippen molar-refractivity contribution < 1.29 is 5.11 Å². The van der Waals surface area contributed by atoms with Gasteiger partial charge in [0.25, 0.3) is 0 Å². The maximum Gasteiger partial charge on any atom is 0.161 e. The Hall–Kier alpha value is -3.52. The average molecular weight is 375 g/mol. The fraction of sp³-hybridized carbons (Fsp3) is 0.200. The topological polar surface area (TPSA) is 93.7 Å². The molecule has 3 aromatic heterocycles. The lowest BCUT2D eigenvalue weighted by atomic mass is 10.1. The number of hydrogen-bond donors (Lipinski definition) is 2. The number of anilines is 1. The fourth-order valence-electron chi connectivity index (χ4n) is 3.01. The van der Waals surface area contributed by atoms with Crippen molar-refractivity contribution in [2.75, 3.05) is 18.5 Å². The van der Waals surface area contributed by atoms with Crippen LogP contribution in [0, 0.1) is 0 Å². The summed E-state index contributed by atoms with van der Waals surface area (Å²) in [6.45, 7) is 0.418. The van der Waals surface area contributed by atoms with Gasteiger partial charge in [0.1, 0.15) is 5.82 Å². The van der Waals surface area contributed by atoms with Crippen LogP contribution < -0.4 is 5.32 Å². The van der Waals surface area contributed by atoms with Crippen LogP contribution in [0.2, 0.25) is 0 Å². The molecule has 0 atom stereocenters. The molecule has 0 aliphatic carbocycles. The standard InChI is InChI=1S/C20H21N7O/c1-26-12-16(9-23-26)14-4-3-5-15(8-14)19-22-11-18(17-10-24-27(2)13-17)20(25-19)21-6-7-28/h3-5,8-13,28H,6-7H2,1-2H3,(H,21,22,25). The molecule has 1 aromatic carbocycles. The van der Waals surface area contributed by atoms with Gasteiger partial charge in [-0.2, -0.15) is 10.2 Å². The van der Waals surface area contributed by atoms with Gasteiger partial charge in [-0.25, -0.2) is 9.97 Å². The predicted octanol–water partition coefficient (Wildman–Crippen LogP) is 2.35. The zero-order chi connectivity index (χ0) is 19.5. The molecule has 0 amide bonds. The highest BCUT2D eigenvalue weighted by Crippen LogP contribution is 2.29. The van der Waals surface area contributed by atoms with Crippen molar-refractivity contribution in [2.24, 2.45) is 14.1 Å². The Morgan fingerprint density at radius 2 is 1.64 bits per heavy atom. The highest BCUT2D eigenvalue weighted by atomic mass is 16.3. The molecule has 0 unspecified atom stereocenters. The van der Waals surface area contributed by atoms with E-state index in [1.165, 1.54) is 0 Å². The van der Waals surface area contributed by atoms with Crippen molar-refractivity contribution in [3.05, 3.63) is 55.2 Å². The molecule has 4 aromatic rings. The van der Waals surface area contributed by atoms with E-state index >= 15 is 0 Å². The second-order valence-corrected chi connectivity index (χ2v) is 6.49. The zero-order valence-electron chi connectivity index (χ0n) is 15.7. The summed E-state index contributed by atoms with van der Waals surface area (Å²) in [5.74, 6) is 1.28. The smallest absolute Gasteiger partial charge is 0.161 e. The van der Waals surface area contributed by atoms with Gasteiger partial charge in [0.15, 0.2) is 5.82 Å². The molecular formula is C20H21N7O. The Morgan fingerprint density at radius 3 is 2.32 bits per heavy atom. The van der Waals surface area contributed by atoms with Crippen molar-refractivity contribution in [3.8, 4) is 33.6 Å². The summed E-state index contributed by atoms with van der Waals surface area (Å²) in [5.41, 5.74) is 4.75. The molecule has 3 heterocycles. The molecule has 0 radical (unpaired) electrons. The molecule has 0 bridgehead atoms. The summed E-state index contributed by atoms with van der Waals surface area (Å²) < 4.78 is 3.51. The van der Waals surface area contributed by atoms with E-state index in [-0.39, 0.29) is 6.61 Å². The molecule has 0 saturated heterocycles. The Bertz CT molecular complexity index is 1100. The maximum atomic E-state index is 9.21. The second kappa shape index (κ2) is 7.61. The van der Waals surface area contributed by atoms with E-state index in [0.717, 1.165) is 27.8 Å². The lowest BCUT2D eigenvalue weighted by Gasteiger charge is -2.11. The van der Waals surface area contributed by atoms with Crippen molar-refractivity contribution >= 4 is 5.82 Å². The predicted molar refractivity (Wildman–Crippen MR) is 107 cm³/mol. The Morgan fingerprint density at radius 1 is 0.929 bits per heavy atom. The van der Waals surface area contributed by atoms with Crippen molar-refractivity contribution in [1.82, 2.24) is 29.5 Å². The summed E-state index contributed by atoms with van der Waals surface area (Å²) in [4.78, 5) is 9.29. The summed E-state index contributed by atoms with van der Waals surface area (Å²) >= 11 is 0. The molecule has 4 rings (SSSR count). The Balaban J connectivity index is 1.74. The second-order valence-electron chi connectivity index (χ2n) is 6.49. The van der Waals surface area contributed by atoms with Crippen LogP contribution in [0.4, 0.5) is 5.82 Å². The fourth-order valence-corrected chi connectivity index (χ4v) is 3.01. The van der Waals surface area contributed by atoms with Crippen LogP contribution in [-0.4, -0.2) is 47.8 Å². The Kier molecular flexibility index (Phi) is 4.86. The molecular weight excluding hydrogens is 354 g/mol. The molecule has 2 N–H and O–H groups in total. The van der Waals surface area contributed by atoms with Gasteiger partial charge in [0.05, 0.1) is 19.0 Å². The number of hydrogen-bond acceptors (Lipinski definition) is 6. The maximum absolute atomic E-state index is 9.21. The van der Waals surface area contributed by atoms with Crippen molar-refractivity contribution in [1.29, 1.82) is 0 Å². The van der Waals surface area contributed by atoms with Crippen LogP contribution in [0.1, 0.15) is 0 Å². The van der Waals surface area contributed by atoms with Gasteiger partial charge in [-0.3, -0.25) is 9.36 Å². The number of nitrogens with one attached hydrogen (secondary N) is 1. The van der Waals surface area contributed by atoms with E-state index in [1.807, 2.05) is 57.0 Å². The zero-order valence-corrected chi connectivity index (χ0v) is 15.7. The van der Waals surface area contributed by atoms with Gasteiger partial charge in [-0.05, 0) is 11.6 Å². The number of rotatable bonds is 6. The van der Waals surface area contributed by atoms with Gasteiger partial charge in [-0.1, -0.05) is 18.2 Å². The number of nitrogens with zero attached hydrogens (tertiary/aromatic N) is 6. The normalized spacial score (nSPS) is 11.0. The number of benzene rings is 1. The lowest BCUT2D eigenvalue weighted by Crippen LogP contribution is -2.09. The highest BCUT2D eigenvalue weighted by molar-refractivity contribution is 5.76. The molecule has 142 valence electrons. The largest absolute Gasteiger partial charge is 0.395 e. The number of aromatic nitrogens is 6. The van der Waals surface area contributed by atoms with Crippen LogP contribution >= 0.6 is 0 Å². The van der Waals surface area contributed by atoms with Crippen LogP contribution in [0.15, 0.2) is 55.2 Å². The SMILES string of the molecule is Cn1cc(-c2cccc(-c3ncc(-c4cnn(C)c4)c(NCCO)n3)c2)cn1. The average Bonchev–Trinajstić information content (AvgIpc) is 3.34. The lowest BCUT2D eigenvalue weighted by molar-refractivity contribution is 0.311. The van der Waals surface area contributed by atoms with Crippen molar-refractivity contribution in [2.45, 2.75) is 0 Å². The highest BCUT2D eigenvalue weighted by Gasteiger charge is 2.13. The van der Waals surface area contributed by atoms with E-state index in [2.05, 4.69) is 20.5 Å². The van der Waals surface area contributed by atoms with E-state index < -0.39 is 0 Å². The van der Waals surface area contributed by atoms with Gasteiger partial charge in [0.2, 0.25) is 0 Å². The van der Waals surface area contributed by atoms with Gasteiger partial charge in [-0.15, -0.1) is 0 Å². The number of aliphatic hydroxyl groups excluding tert-OH is 1.